The molecule has 0 saturated heterocycles. The topological polar surface area (TPSA) is 64.7 Å². The van der Waals surface area contributed by atoms with Gasteiger partial charge in [0.15, 0.2) is 5.82 Å². The van der Waals surface area contributed by atoms with E-state index in [4.69, 9.17) is 5.73 Å². The van der Waals surface area contributed by atoms with Crippen LogP contribution in [0.25, 0.3) is 11.5 Å². The zero-order valence-electron chi connectivity index (χ0n) is 11.8. The molecule has 1 aliphatic rings. The summed E-state index contributed by atoms with van der Waals surface area (Å²) < 4.78 is 0.843. The number of rotatable bonds is 2. The summed E-state index contributed by atoms with van der Waals surface area (Å²) in [6, 6.07) is 0. The first kappa shape index (κ1) is 13.9. The van der Waals surface area contributed by atoms with Crippen LogP contribution in [0.4, 0.5) is 5.82 Å². The van der Waals surface area contributed by atoms with E-state index in [1.807, 2.05) is 5.38 Å². The van der Waals surface area contributed by atoms with Crippen LogP contribution in [-0.2, 0) is 5.41 Å². The number of nitrogens with two attached hydrogens (primary N) is 1. The molecule has 106 valence electrons. The Kier molecular flexibility index (Phi) is 3.33. The minimum Gasteiger partial charge on any atom is -0.383 e. The van der Waals surface area contributed by atoms with Gasteiger partial charge in [0.1, 0.15) is 11.5 Å². The summed E-state index contributed by atoms with van der Waals surface area (Å²) in [7, 11) is 0. The predicted octanol–water partition coefficient (Wildman–Crippen LogP) is 4.12. The van der Waals surface area contributed by atoms with E-state index in [0.29, 0.717) is 17.6 Å². The molecule has 20 heavy (non-hydrogen) atoms. The molecule has 0 bridgehead atoms. The third-order valence-corrected chi connectivity index (χ3v) is 5.32. The maximum atomic E-state index is 5.99. The van der Waals surface area contributed by atoms with Crippen molar-refractivity contribution in [1.82, 2.24) is 15.0 Å². The Hall–Kier alpha value is -1.01. The highest BCUT2D eigenvalue weighted by atomic mass is 79.9. The van der Waals surface area contributed by atoms with Crippen molar-refractivity contribution in [2.45, 2.75) is 44.9 Å². The van der Waals surface area contributed by atoms with Gasteiger partial charge in [-0.15, -0.1) is 11.3 Å². The molecule has 0 atom stereocenters. The molecule has 2 aromatic rings. The smallest absolute Gasteiger partial charge is 0.181 e. The molecule has 2 N–H and O–H groups in total. The standard InChI is InChI=1S/C14H17BrN4S/c1-14(2,3)13-17-8(6-20-13)12-18-10(7-4-5-7)9(15)11(16)19-12/h6-7H,4-5H2,1-3H3,(H2,16,18,19). The Morgan fingerprint density at radius 2 is 1.95 bits per heavy atom. The van der Waals surface area contributed by atoms with Crippen LogP contribution in [0.3, 0.4) is 0 Å². The van der Waals surface area contributed by atoms with Gasteiger partial charge in [0, 0.05) is 16.7 Å². The van der Waals surface area contributed by atoms with Crippen LogP contribution >= 0.6 is 27.3 Å². The molecule has 0 radical (unpaired) electrons. The van der Waals surface area contributed by atoms with E-state index in [1.54, 1.807) is 11.3 Å². The fourth-order valence-corrected chi connectivity index (χ4v) is 3.33. The van der Waals surface area contributed by atoms with Crippen molar-refractivity contribution in [3.63, 3.8) is 0 Å². The molecule has 0 unspecified atom stereocenters. The largest absolute Gasteiger partial charge is 0.383 e. The average molecular weight is 353 g/mol. The van der Waals surface area contributed by atoms with Crippen LogP contribution in [0.2, 0.25) is 0 Å². The van der Waals surface area contributed by atoms with Gasteiger partial charge in [-0.2, -0.15) is 0 Å². The first-order chi connectivity index (χ1) is 9.36. The zero-order valence-corrected chi connectivity index (χ0v) is 14.2. The Balaban J connectivity index is 2.04. The van der Waals surface area contributed by atoms with E-state index in [2.05, 4.69) is 51.7 Å². The number of nitrogen functional groups attached to an aromatic ring is 1. The summed E-state index contributed by atoms with van der Waals surface area (Å²) in [6.45, 7) is 6.46. The third kappa shape index (κ3) is 2.59. The molecule has 1 aliphatic carbocycles. The second-order valence-electron chi connectivity index (χ2n) is 6.19. The summed E-state index contributed by atoms with van der Waals surface area (Å²) >= 11 is 5.14. The lowest BCUT2D eigenvalue weighted by molar-refractivity contribution is 0.586. The average Bonchev–Trinajstić information content (AvgIpc) is 3.06. The minimum atomic E-state index is 0.0448. The maximum Gasteiger partial charge on any atom is 0.181 e. The minimum absolute atomic E-state index is 0.0448. The van der Waals surface area contributed by atoms with Gasteiger partial charge in [0.25, 0.3) is 0 Å². The maximum absolute atomic E-state index is 5.99. The van der Waals surface area contributed by atoms with Crippen LogP contribution in [0.5, 0.6) is 0 Å². The van der Waals surface area contributed by atoms with Crippen LogP contribution in [-0.4, -0.2) is 15.0 Å². The number of thiazole rings is 1. The number of nitrogens with zero attached hydrogens (tertiary/aromatic N) is 3. The number of hydrogen-bond acceptors (Lipinski definition) is 5. The highest BCUT2D eigenvalue weighted by Crippen LogP contribution is 2.44. The number of hydrogen-bond donors (Lipinski definition) is 1. The number of aromatic nitrogens is 3. The molecule has 3 rings (SSSR count). The third-order valence-electron chi connectivity index (χ3n) is 3.24. The molecular weight excluding hydrogens is 336 g/mol. The SMILES string of the molecule is CC(C)(C)c1nc(-c2nc(N)c(Br)c(C3CC3)n2)cs1. The van der Waals surface area contributed by atoms with Crippen molar-refractivity contribution in [2.75, 3.05) is 5.73 Å². The first-order valence-corrected chi connectivity index (χ1v) is 8.33. The van der Waals surface area contributed by atoms with Crippen molar-refractivity contribution < 1.29 is 0 Å². The van der Waals surface area contributed by atoms with E-state index in [9.17, 15) is 0 Å². The van der Waals surface area contributed by atoms with Crippen molar-refractivity contribution in [1.29, 1.82) is 0 Å². The van der Waals surface area contributed by atoms with Crippen molar-refractivity contribution >= 4 is 33.1 Å². The molecule has 1 saturated carbocycles. The van der Waals surface area contributed by atoms with E-state index >= 15 is 0 Å². The van der Waals surface area contributed by atoms with Crippen LogP contribution in [0.15, 0.2) is 9.85 Å². The van der Waals surface area contributed by atoms with Crippen LogP contribution in [0.1, 0.15) is 50.2 Å². The molecule has 2 aromatic heterocycles. The fraction of sp³-hybridized carbons (Fsp3) is 0.500. The van der Waals surface area contributed by atoms with E-state index in [-0.39, 0.29) is 5.41 Å². The summed E-state index contributed by atoms with van der Waals surface area (Å²) in [4.78, 5) is 13.7. The zero-order chi connectivity index (χ0) is 14.5. The van der Waals surface area contributed by atoms with E-state index in [0.717, 1.165) is 20.9 Å². The molecular formula is C14H17BrN4S. The highest BCUT2D eigenvalue weighted by Gasteiger charge is 2.29. The summed E-state index contributed by atoms with van der Waals surface area (Å²) in [5.74, 6) is 1.66. The molecule has 6 heteroatoms. The lowest BCUT2D eigenvalue weighted by Gasteiger charge is -2.13. The van der Waals surface area contributed by atoms with Gasteiger partial charge in [-0.05, 0) is 28.8 Å². The molecule has 2 heterocycles. The van der Waals surface area contributed by atoms with E-state index < -0.39 is 0 Å². The van der Waals surface area contributed by atoms with Crippen LogP contribution < -0.4 is 5.73 Å². The molecule has 0 aliphatic heterocycles. The van der Waals surface area contributed by atoms with Crippen molar-refractivity contribution in [3.05, 3.63) is 20.6 Å². The van der Waals surface area contributed by atoms with Gasteiger partial charge < -0.3 is 5.73 Å². The summed E-state index contributed by atoms with van der Waals surface area (Å²) in [5, 5.41) is 3.10. The van der Waals surface area contributed by atoms with Crippen molar-refractivity contribution in [3.8, 4) is 11.5 Å². The van der Waals surface area contributed by atoms with Crippen molar-refractivity contribution in [2.24, 2.45) is 0 Å². The highest BCUT2D eigenvalue weighted by molar-refractivity contribution is 9.10. The van der Waals surface area contributed by atoms with Gasteiger partial charge in [-0.1, -0.05) is 20.8 Å². The fourth-order valence-electron chi connectivity index (χ4n) is 1.95. The Morgan fingerprint density at radius 3 is 2.50 bits per heavy atom. The van der Waals surface area contributed by atoms with E-state index in [1.165, 1.54) is 12.8 Å². The predicted molar refractivity (Wildman–Crippen MR) is 85.9 cm³/mol. The number of halogens is 1. The first-order valence-electron chi connectivity index (χ1n) is 6.65. The summed E-state index contributed by atoms with van der Waals surface area (Å²) in [6.07, 6.45) is 2.36. The normalized spacial score (nSPS) is 15.6. The summed E-state index contributed by atoms with van der Waals surface area (Å²) in [5.41, 5.74) is 7.89. The lowest BCUT2D eigenvalue weighted by atomic mass is 9.98. The van der Waals surface area contributed by atoms with Gasteiger partial charge in [0.05, 0.1) is 15.2 Å². The van der Waals surface area contributed by atoms with Gasteiger partial charge in [-0.3, -0.25) is 0 Å². The van der Waals surface area contributed by atoms with Gasteiger partial charge in [0.2, 0.25) is 0 Å². The lowest BCUT2D eigenvalue weighted by Crippen LogP contribution is -2.10. The molecule has 4 nitrogen and oxygen atoms in total. The Morgan fingerprint density at radius 1 is 1.25 bits per heavy atom. The molecule has 0 aromatic carbocycles. The molecule has 1 fully saturated rings. The van der Waals surface area contributed by atoms with Gasteiger partial charge >= 0.3 is 0 Å². The molecule has 0 spiro atoms. The Labute approximate surface area is 131 Å². The second kappa shape index (κ2) is 4.77. The van der Waals surface area contributed by atoms with Crippen LogP contribution in [0, 0.1) is 0 Å². The second-order valence-corrected chi connectivity index (χ2v) is 7.84. The number of anilines is 1. The monoisotopic (exact) mass is 352 g/mol. The quantitative estimate of drug-likeness (QED) is 0.882. The Bertz CT molecular complexity index is 656. The van der Waals surface area contributed by atoms with Gasteiger partial charge in [-0.25, -0.2) is 15.0 Å². The molecule has 0 amide bonds.